The molecule has 0 radical (unpaired) electrons. The summed E-state index contributed by atoms with van der Waals surface area (Å²) in [4.78, 5) is 34.0. The normalized spacial score (nSPS) is 18.1. The molecule has 1 atom stereocenters. The van der Waals surface area contributed by atoms with E-state index >= 15 is 0 Å². The van der Waals surface area contributed by atoms with Crippen molar-refractivity contribution in [3.05, 3.63) is 33.9 Å². The maximum absolute atomic E-state index is 12.2. The number of nitro groups is 1. The minimum atomic E-state index is -1.08. The summed E-state index contributed by atoms with van der Waals surface area (Å²) >= 11 is 0. The number of rotatable bonds is 7. The molecule has 0 heterocycles. The van der Waals surface area contributed by atoms with E-state index in [1.54, 1.807) is 0 Å². The fourth-order valence-electron chi connectivity index (χ4n) is 2.43. The van der Waals surface area contributed by atoms with E-state index in [0.29, 0.717) is 5.69 Å². The molecular weight excluding hydrogens is 302 g/mol. The molecule has 1 amide bonds. The number of carboxylic acid groups (broad SMARTS) is 1. The van der Waals surface area contributed by atoms with Crippen LogP contribution in [0.5, 0.6) is 0 Å². The zero-order valence-corrected chi connectivity index (χ0v) is 12.3. The van der Waals surface area contributed by atoms with E-state index in [-0.39, 0.29) is 23.2 Å². The Hall–Kier alpha value is -2.64. The fourth-order valence-corrected chi connectivity index (χ4v) is 2.43. The van der Waals surface area contributed by atoms with Gasteiger partial charge in [-0.2, -0.15) is 0 Å². The first kappa shape index (κ1) is 15.3. The number of carboxylic acids is 1. The van der Waals surface area contributed by atoms with Gasteiger partial charge in [0.2, 0.25) is 0 Å². The molecule has 0 aromatic heterocycles. The third-order valence-corrected chi connectivity index (χ3v) is 4.04. The Balaban J connectivity index is 1.78. The summed E-state index contributed by atoms with van der Waals surface area (Å²) in [6.07, 6.45) is 3.48. The Bertz CT molecular complexity index is 667. The standard InChI is InChI=1S/C15H17N3O5/c19-14(17-13(15(20)21)8-1-2-8)9-3-6-11(16-10-4-5-10)12(7-9)18(22)23/h3,6-8,10,13,16H,1-2,4-5H2,(H,17,19)(H,20,21). The fraction of sp³-hybridized carbons (Fsp3) is 0.467. The van der Waals surface area contributed by atoms with Gasteiger partial charge < -0.3 is 15.7 Å². The van der Waals surface area contributed by atoms with Gasteiger partial charge in [-0.15, -0.1) is 0 Å². The van der Waals surface area contributed by atoms with E-state index in [1.165, 1.54) is 18.2 Å². The van der Waals surface area contributed by atoms with Crippen LogP contribution in [-0.2, 0) is 4.79 Å². The lowest BCUT2D eigenvalue weighted by molar-refractivity contribution is -0.384. The summed E-state index contributed by atoms with van der Waals surface area (Å²) in [5.74, 6) is -1.74. The highest BCUT2D eigenvalue weighted by Gasteiger charge is 2.37. The van der Waals surface area contributed by atoms with Crippen molar-refractivity contribution in [1.82, 2.24) is 5.32 Å². The van der Waals surface area contributed by atoms with Crippen molar-refractivity contribution < 1.29 is 19.6 Å². The Labute approximate surface area is 132 Å². The summed E-state index contributed by atoms with van der Waals surface area (Å²) in [5.41, 5.74) is 0.291. The molecule has 2 aliphatic rings. The van der Waals surface area contributed by atoms with Crippen LogP contribution in [0.3, 0.4) is 0 Å². The molecule has 8 heteroatoms. The highest BCUT2D eigenvalue weighted by atomic mass is 16.6. The van der Waals surface area contributed by atoms with Crippen molar-refractivity contribution >= 4 is 23.3 Å². The van der Waals surface area contributed by atoms with Crippen LogP contribution in [0.1, 0.15) is 36.0 Å². The van der Waals surface area contributed by atoms with E-state index < -0.39 is 22.8 Å². The van der Waals surface area contributed by atoms with E-state index in [2.05, 4.69) is 10.6 Å². The van der Waals surface area contributed by atoms with Gasteiger partial charge in [0, 0.05) is 17.7 Å². The lowest BCUT2D eigenvalue weighted by atomic mass is 10.1. The first-order valence-corrected chi connectivity index (χ1v) is 7.54. The third-order valence-electron chi connectivity index (χ3n) is 4.04. The second-order valence-corrected chi connectivity index (χ2v) is 6.03. The summed E-state index contributed by atoms with van der Waals surface area (Å²) < 4.78 is 0. The first-order valence-electron chi connectivity index (χ1n) is 7.54. The van der Waals surface area contributed by atoms with Crippen LogP contribution in [0.15, 0.2) is 18.2 Å². The molecular formula is C15H17N3O5. The highest BCUT2D eigenvalue weighted by Crippen LogP contribution is 2.34. The zero-order valence-electron chi connectivity index (χ0n) is 12.3. The number of hydrogen-bond donors (Lipinski definition) is 3. The van der Waals surface area contributed by atoms with Crippen molar-refractivity contribution in [3.8, 4) is 0 Å². The van der Waals surface area contributed by atoms with Gasteiger partial charge in [0.05, 0.1) is 4.92 Å². The van der Waals surface area contributed by atoms with Crippen LogP contribution in [-0.4, -0.2) is 34.0 Å². The van der Waals surface area contributed by atoms with Crippen LogP contribution < -0.4 is 10.6 Å². The molecule has 0 saturated heterocycles. The number of nitro benzene ring substituents is 1. The number of anilines is 1. The SMILES string of the molecule is O=C(NC(C(=O)O)C1CC1)c1ccc(NC2CC2)c([N+](=O)[O-])c1. The minimum absolute atomic E-state index is 0.0535. The largest absolute Gasteiger partial charge is 0.480 e. The third kappa shape index (κ3) is 3.58. The molecule has 23 heavy (non-hydrogen) atoms. The number of nitrogens with one attached hydrogen (secondary N) is 2. The molecule has 1 aromatic rings. The van der Waals surface area contributed by atoms with Crippen LogP contribution in [0.4, 0.5) is 11.4 Å². The predicted molar refractivity (Wildman–Crippen MR) is 81.4 cm³/mol. The molecule has 1 unspecified atom stereocenters. The lowest BCUT2D eigenvalue weighted by Gasteiger charge is -2.14. The Kier molecular flexibility index (Phi) is 3.89. The second kappa shape index (κ2) is 5.86. The molecule has 0 bridgehead atoms. The van der Waals surface area contributed by atoms with Crippen molar-refractivity contribution in [3.63, 3.8) is 0 Å². The number of carbonyl (C=O) groups excluding carboxylic acids is 1. The van der Waals surface area contributed by atoms with Gasteiger partial charge >= 0.3 is 5.97 Å². The van der Waals surface area contributed by atoms with Gasteiger partial charge in [0.1, 0.15) is 11.7 Å². The first-order chi connectivity index (χ1) is 11.0. The number of nitrogens with zero attached hydrogens (tertiary/aromatic N) is 1. The maximum atomic E-state index is 12.2. The summed E-state index contributed by atoms with van der Waals surface area (Å²) in [6, 6.07) is 3.47. The van der Waals surface area contributed by atoms with E-state index in [1.807, 2.05) is 0 Å². The second-order valence-electron chi connectivity index (χ2n) is 6.03. The molecule has 3 rings (SSSR count). The predicted octanol–water partition coefficient (Wildman–Crippen LogP) is 1.76. The van der Waals surface area contributed by atoms with Gasteiger partial charge in [0.15, 0.2) is 0 Å². The van der Waals surface area contributed by atoms with E-state index in [0.717, 1.165) is 25.7 Å². The summed E-state index contributed by atoms with van der Waals surface area (Å²) in [5, 5.41) is 25.8. The molecule has 0 aliphatic heterocycles. The van der Waals surface area contributed by atoms with Gasteiger partial charge in [0.25, 0.3) is 11.6 Å². The number of aliphatic carboxylic acids is 1. The van der Waals surface area contributed by atoms with Crippen LogP contribution in [0, 0.1) is 16.0 Å². The lowest BCUT2D eigenvalue weighted by Crippen LogP contribution is -2.42. The molecule has 0 spiro atoms. The summed E-state index contributed by atoms with van der Waals surface area (Å²) in [7, 11) is 0. The van der Waals surface area contributed by atoms with Crippen LogP contribution >= 0.6 is 0 Å². The van der Waals surface area contributed by atoms with E-state index in [4.69, 9.17) is 5.11 Å². The Morgan fingerprint density at radius 2 is 1.96 bits per heavy atom. The van der Waals surface area contributed by atoms with Crippen molar-refractivity contribution in [1.29, 1.82) is 0 Å². The maximum Gasteiger partial charge on any atom is 0.326 e. The Morgan fingerprint density at radius 3 is 2.48 bits per heavy atom. The van der Waals surface area contributed by atoms with Crippen molar-refractivity contribution in [2.45, 2.75) is 37.8 Å². The molecule has 2 aliphatic carbocycles. The number of carbonyl (C=O) groups is 2. The van der Waals surface area contributed by atoms with Gasteiger partial charge in [-0.3, -0.25) is 14.9 Å². The molecule has 2 fully saturated rings. The van der Waals surface area contributed by atoms with Crippen LogP contribution in [0.25, 0.3) is 0 Å². The molecule has 8 nitrogen and oxygen atoms in total. The monoisotopic (exact) mass is 319 g/mol. The summed E-state index contributed by atoms with van der Waals surface area (Å²) in [6.45, 7) is 0. The van der Waals surface area contributed by atoms with Crippen LogP contribution in [0.2, 0.25) is 0 Å². The Morgan fingerprint density at radius 1 is 1.26 bits per heavy atom. The molecule has 122 valence electrons. The van der Waals surface area contributed by atoms with Crippen molar-refractivity contribution in [2.75, 3.05) is 5.32 Å². The smallest absolute Gasteiger partial charge is 0.326 e. The van der Waals surface area contributed by atoms with Gasteiger partial charge in [-0.05, 0) is 43.7 Å². The average Bonchev–Trinajstić information content (AvgIpc) is 3.38. The molecule has 3 N–H and O–H groups in total. The zero-order chi connectivity index (χ0) is 16.6. The molecule has 1 aromatic carbocycles. The average molecular weight is 319 g/mol. The minimum Gasteiger partial charge on any atom is -0.480 e. The number of benzene rings is 1. The van der Waals surface area contributed by atoms with Gasteiger partial charge in [-0.1, -0.05) is 0 Å². The molecule has 2 saturated carbocycles. The van der Waals surface area contributed by atoms with E-state index in [9.17, 15) is 19.7 Å². The van der Waals surface area contributed by atoms with Crippen molar-refractivity contribution in [2.24, 2.45) is 5.92 Å². The van der Waals surface area contributed by atoms with Gasteiger partial charge in [-0.25, -0.2) is 4.79 Å². The quantitative estimate of drug-likeness (QED) is 0.520. The number of amides is 1. The number of hydrogen-bond acceptors (Lipinski definition) is 5. The topological polar surface area (TPSA) is 122 Å². The highest BCUT2D eigenvalue weighted by molar-refractivity contribution is 5.98.